The molecule has 0 saturated heterocycles. The fraction of sp³-hybridized carbons (Fsp3) is 0.286. The van der Waals surface area contributed by atoms with Gasteiger partial charge in [-0.05, 0) is 0 Å². The van der Waals surface area contributed by atoms with Crippen molar-refractivity contribution < 1.29 is 27.0 Å². The van der Waals surface area contributed by atoms with Crippen LogP contribution < -0.4 is 9.88 Å². The highest BCUT2D eigenvalue weighted by molar-refractivity contribution is 7.89. The van der Waals surface area contributed by atoms with Crippen LogP contribution >= 0.6 is 0 Å². The number of methoxy groups -OCH3 is 1. The van der Waals surface area contributed by atoms with Crippen LogP contribution in [0.4, 0.5) is 8.78 Å². The van der Waals surface area contributed by atoms with Crippen molar-refractivity contribution in [1.29, 1.82) is 0 Å². The molecule has 1 aromatic heterocycles. The van der Waals surface area contributed by atoms with Crippen LogP contribution in [0.5, 0.6) is 11.6 Å². The van der Waals surface area contributed by atoms with E-state index in [0.717, 1.165) is 13.2 Å². The van der Waals surface area contributed by atoms with Crippen molar-refractivity contribution in [3.8, 4) is 11.6 Å². The molecule has 90 valence electrons. The molecule has 1 aromatic rings. The Labute approximate surface area is 89.7 Å². The van der Waals surface area contributed by atoms with Crippen LogP contribution in [0.15, 0.2) is 11.1 Å². The number of ether oxygens (including phenoxy) is 1. The molecule has 0 saturated carbocycles. The zero-order valence-electron chi connectivity index (χ0n) is 8.02. The molecule has 0 bridgehead atoms. The van der Waals surface area contributed by atoms with E-state index in [1.807, 2.05) is 0 Å². The molecule has 6 nitrogen and oxygen atoms in total. The van der Waals surface area contributed by atoms with E-state index in [2.05, 4.69) is 9.72 Å². The number of rotatable bonds is 3. The van der Waals surface area contributed by atoms with Crippen molar-refractivity contribution >= 4 is 10.0 Å². The molecule has 0 amide bonds. The number of halogens is 2. The van der Waals surface area contributed by atoms with E-state index < -0.39 is 32.8 Å². The number of hydrogen-bond acceptors (Lipinski definition) is 5. The predicted molar refractivity (Wildman–Crippen MR) is 48.8 cm³/mol. The number of nitrogens with two attached hydrogens (primary N) is 1. The van der Waals surface area contributed by atoms with E-state index in [9.17, 15) is 22.3 Å². The molecular weight excluding hydrogens is 246 g/mol. The van der Waals surface area contributed by atoms with Gasteiger partial charge in [-0.15, -0.1) is 0 Å². The van der Waals surface area contributed by atoms with Crippen LogP contribution in [0.3, 0.4) is 0 Å². The number of alkyl halides is 2. The number of pyridine rings is 1. The molecule has 0 aliphatic carbocycles. The summed E-state index contributed by atoms with van der Waals surface area (Å²) < 4.78 is 51.3. The molecule has 0 unspecified atom stereocenters. The zero-order chi connectivity index (χ0) is 12.5. The van der Waals surface area contributed by atoms with Gasteiger partial charge in [0.1, 0.15) is 0 Å². The van der Waals surface area contributed by atoms with Gasteiger partial charge in [0.2, 0.25) is 10.9 Å². The van der Waals surface area contributed by atoms with Crippen molar-refractivity contribution in [3.63, 3.8) is 0 Å². The fourth-order valence-corrected chi connectivity index (χ4v) is 1.58. The lowest BCUT2D eigenvalue weighted by atomic mass is 10.2. The second-order valence-electron chi connectivity index (χ2n) is 2.75. The maximum Gasteiger partial charge on any atom is 0.267 e. The molecular formula is C7H8F2N2O4S. The van der Waals surface area contributed by atoms with Gasteiger partial charge < -0.3 is 9.84 Å². The molecule has 0 atom stereocenters. The summed E-state index contributed by atoms with van der Waals surface area (Å²) in [4.78, 5) is 3.29. The first-order valence-corrected chi connectivity index (χ1v) is 5.41. The van der Waals surface area contributed by atoms with E-state index in [1.165, 1.54) is 0 Å². The summed E-state index contributed by atoms with van der Waals surface area (Å²) in [7, 11) is -3.28. The third-order valence-corrected chi connectivity index (χ3v) is 2.50. The lowest BCUT2D eigenvalue weighted by Crippen LogP contribution is -2.15. The summed E-state index contributed by atoms with van der Waals surface area (Å²) in [6, 6.07) is 0.731. The van der Waals surface area contributed by atoms with E-state index in [1.54, 1.807) is 0 Å². The molecule has 0 spiro atoms. The van der Waals surface area contributed by atoms with Crippen molar-refractivity contribution in [3.05, 3.63) is 11.6 Å². The van der Waals surface area contributed by atoms with E-state index >= 15 is 0 Å². The van der Waals surface area contributed by atoms with Gasteiger partial charge in [-0.3, -0.25) is 0 Å². The van der Waals surface area contributed by atoms with E-state index in [4.69, 9.17) is 5.14 Å². The van der Waals surface area contributed by atoms with Gasteiger partial charge in [0.05, 0.1) is 12.7 Å². The van der Waals surface area contributed by atoms with Crippen LogP contribution in [0, 0.1) is 0 Å². The smallest absolute Gasteiger partial charge is 0.267 e. The number of primary sulfonamides is 1. The molecule has 9 heteroatoms. The standard InChI is InChI=1S/C7H8F2N2O4S/c1-15-4-2-3(6(8)9)5(12)7(11-4)16(10,13)14/h2,6,12H,1H3,(H2,10,13,14). The number of sulfonamides is 1. The minimum Gasteiger partial charge on any atom is -0.504 e. The number of nitrogens with zero attached hydrogens (tertiary/aromatic N) is 1. The quantitative estimate of drug-likeness (QED) is 0.811. The van der Waals surface area contributed by atoms with Crippen molar-refractivity contribution in [2.75, 3.05) is 7.11 Å². The van der Waals surface area contributed by atoms with Crippen LogP contribution in [0.1, 0.15) is 12.0 Å². The minimum absolute atomic E-state index is 0.378. The van der Waals surface area contributed by atoms with E-state index in [0.29, 0.717) is 0 Å². The highest BCUT2D eigenvalue weighted by atomic mass is 32.2. The molecule has 0 fully saturated rings. The van der Waals surface area contributed by atoms with Crippen molar-refractivity contribution in [1.82, 2.24) is 4.98 Å². The maximum atomic E-state index is 12.4. The maximum absolute atomic E-state index is 12.4. The highest BCUT2D eigenvalue weighted by Gasteiger charge is 2.25. The first-order chi connectivity index (χ1) is 7.27. The summed E-state index contributed by atoms with van der Waals surface area (Å²) in [5.74, 6) is -1.55. The summed E-state index contributed by atoms with van der Waals surface area (Å²) in [5, 5.41) is 12.9. The number of aromatic hydroxyl groups is 1. The van der Waals surface area contributed by atoms with Crippen molar-refractivity contribution in [2.45, 2.75) is 11.5 Å². The lowest BCUT2D eigenvalue weighted by molar-refractivity contribution is 0.146. The highest BCUT2D eigenvalue weighted by Crippen LogP contribution is 2.34. The second-order valence-corrected chi connectivity index (χ2v) is 4.23. The summed E-state index contributed by atoms with van der Waals surface area (Å²) in [5.41, 5.74) is -0.907. The van der Waals surface area contributed by atoms with Crippen LogP contribution in [0.2, 0.25) is 0 Å². The predicted octanol–water partition coefficient (Wildman–Crippen LogP) is 0.381. The molecule has 0 radical (unpaired) electrons. The fourth-order valence-electron chi connectivity index (χ4n) is 0.979. The van der Waals surface area contributed by atoms with Crippen molar-refractivity contribution in [2.24, 2.45) is 5.14 Å². The average Bonchev–Trinajstić information content (AvgIpc) is 2.15. The summed E-state index contributed by atoms with van der Waals surface area (Å²) in [6.07, 6.45) is -3.07. The molecule has 3 N–H and O–H groups in total. The molecule has 1 heterocycles. The topological polar surface area (TPSA) is 103 Å². The van der Waals surface area contributed by atoms with Gasteiger partial charge in [-0.25, -0.2) is 22.3 Å². The Kier molecular flexibility index (Phi) is 3.29. The first-order valence-electron chi connectivity index (χ1n) is 3.86. The van der Waals surface area contributed by atoms with Crippen LogP contribution in [-0.4, -0.2) is 25.6 Å². The Hall–Kier alpha value is -1.48. The SMILES string of the molecule is COc1cc(C(F)F)c(O)c(S(N)(=O)=O)n1. The van der Waals surface area contributed by atoms with Gasteiger partial charge in [0.15, 0.2) is 5.75 Å². The lowest BCUT2D eigenvalue weighted by Gasteiger charge is -2.09. The monoisotopic (exact) mass is 254 g/mol. The van der Waals surface area contributed by atoms with Gasteiger partial charge in [0, 0.05) is 6.07 Å². The van der Waals surface area contributed by atoms with E-state index in [-0.39, 0.29) is 5.88 Å². The zero-order valence-corrected chi connectivity index (χ0v) is 8.83. The Morgan fingerprint density at radius 2 is 2.12 bits per heavy atom. The summed E-state index contributed by atoms with van der Waals surface area (Å²) >= 11 is 0. The molecule has 16 heavy (non-hydrogen) atoms. The Morgan fingerprint density at radius 3 is 2.50 bits per heavy atom. The second kappa shape index (κ2) is 4.18. The Balaban J connectivity index is 3.56. The Morgan fingerprint density at radius 1 is 1.56 bits per heavy atom. The van der Waals surface area contributed by atoms with Gasteiger partial charge >= 0.3 is 0 Å². The third kappa shape index (κ3) is 2.36. The first kappa shape index (κ1) is 12.6. The minimum atomic E-state index is -4.40. The number of aromatic nitrogens is 1. The molecule has 0 aliphatic heterocycles. The number of hydrogen-bond donors (Lipinski definition) is 2. The Bertz CT molecular complexity index is 503. The summed E-state index contributed by atoms with van der Waals surface area (Å²) in [6.45, 7) is 0. The average molecular weight is 254 g/mol. The van der Waals surface area contributed by atoms with Gasteiger partial charge in [-0.2, -0.15) is 4.98 Å². The van der Waals surface area contributed by atoms with Crippen LogP contribution in [-0.2, 0) is 10.0 Å². The molecule has 0 aromatic carbocycles. The van der Waals surface area contributed by atoms with Gasteiger partial charge in [-0.1, -0.05) is 0 Å². The normalized spacial score (nSPS) is 11.8. The third-order valence-electron chi connectivity index (χ3n) is 1.68. The van der Waals surface area contributed by atoms with Gasteiger partial charge in [0.25, 0.3) is 16.4 Å². The molecule has 0 aliphatic rings. The largest absolute Gasteiger partial charge is 0.504 e. The molecule has 1 rings (SSSR count). The van der Waals surface area contributed by atoms with Crippen LogP contribution in [0.25, 0.3) is 0 Å².